The van der Waals surface area contributed by atoms with Crippen LogP contribution in [0.25, 0.3) is 10.9 Å². The molecule has 1 aliphatic heterocycles. The summed E-state index contributed by atoms with van der Waals surface area (Å²) in [6.07, 6.45) is 11.9. The van der Waals surface area contributed by atoms with E-state index in [1.165, 1.54) is 56.0 Å². The number of fused-ring (bicyclic) bond motifs is 1. The zero-order valence-corrected chi connectivity index (χ0v) is 18.9. The summed E-state index contributed by atoms with van der Waals surface area (Å²) in [4.78, 5) is 6.62. The van der Waals surface area contributed by atoms with Gasteiger partial charge in [0, 0.05) is 29.2 Å². The van der Waals surface area contributed by atoms with Crippen LogP contribution in [-0.2, 0) is 22.7 Å². The lowest BCUT2D eigenvalue weighted by Gasteiger charge is -2.30. The first-order chi connectivity index (χ1) is 15.1. The molecule has 5 rings (SSSR count). The smallest absolute Gasteiger partial charge is 0.178 e. The number of benzene rings is 2. The van der Waals surface area contributed by atoms with E-state index in [1.54, 1.807) is 24.3 Å². The van der Waals surface area contributed by atoms with Crippen molar-refractivity contribution in [2.75, 3.05) is 12.3 Å². The van der Waals surface area contributed by atoms with Gasteiger partial charge in [-0.3, -0.25) is 4.90 Å². The van der Waals surface area contributed by atoms with E-state index in [4.69, 9.17) is 0 Å². The topological polar surface area (TPSA) is 53.2 Å². The first kappa shape index (κ1) is 20.8. The van der Waals surface area contributed by atoms with E-state index in [1.807, 2.05) is 6.07 Å². The average molecular weight is 437 g/mol. The van der Waals surface area contributed by atoms with Gasteiger partial charge in [-0.15, -0.1) is 0 Å². The molecule has 164 valence electrons. The molecule has 0 unspecified atom stereocenters. The van der Waals surface area contributed by atoms with Crippen molar-refractivity contribution in [2.24, 2.45) is 0 Å². The van der Waals surface area contributed by atoms with Gasteiger partial charge in [-0.25, -0.2) is 8.42 Å². The molecule has 1 atom stereocenters. The Morgan fingerprint density at radius 2 is 1.77 bits per heavy atom. The number of aryl methyl sites for hydroxylation is 1. The maximum absolute atomic E-state index is 12.7. The van der Waals surface area contributed by atoms with Gasteiger partial charge < -0.3 is 4.98 Å². The lowest BCUT2D eigenvalue weighted by molar-refractivity contribution is 0.181. The minimum atomic E-state index is -3.26. The maximum Gasteiger partial charge on any atom is 0.178 e. The van der Waals surface area contributed by atoms with Gasteiger partial charge in [0.1, 0.15) is 0 Å². The van der Waals surface area contributed by atoms with Gasteiger partial charge in [-0.05, 0) is 80.5 Å². The minimum absolute atomic E-state index is 0.139. The van der Waals surface area contributed by atoms with E-state index in [-0.39, 0.29) is 5.75 Å². The van der Waals surface area contributed by atoms with Crippen LogP contribution in [0.2, 0.25) is 0 Å². The zero-order valence-electron chi connectivity index (χ0n) is 18.1. The second-order valence-corrected chi connectivity index (χ2v) is 11.4. The summed E-state index contributed by atoms with van der Waals surface area (Å²) >= 11 is 0. The van der Waals surface area contributed by atoms with Crippen LogP contribution >= 0.6 is 0 Å². The lowest BCUT2D eigenvalue weighted by atomic mass is 10.0. The summed E-state index contributed by atoms with van der Waals surface area (Å²) in [6, 6.07) is 16.6. The highest BCUT2D eigenvalue weighted by molar-refractivity contribution is 7.91. The zero-order chi connectivity index (χ0) is 21.3. The number of hydrogen-bond donors (Lipinski definition) is 1. The van der Waals surface area contributed by atoms with Crippen molar-refractivity contribution in [2.45, 2.75) is 68.3 Å². The molecule has 2 aliphatic rings. The Labute approximate surface area is 185 Å². The normalized spacial score (nSPS) is 20.7. The van der Waals surface area contributed by atoms with Crippen molar-refractivity contribution in [3.63, 3.8) is 0 Å². The fourth-order valence-electron chi connectivity index (χ4n) is 5.60. The number of sulfone groups is 1. The van der Waals surface area contributed by atoms with Crippen LogP contribution in [-0.4, -0.2) is 42.7 Å². The van der Waals surface area contributed by atoms with Crippen molar-refractivity contribution in [3.8, 4) is 0 Å². The third-order valence-electron chi connectivity index (χ3n) is 7.27. The third kappa shape index (κ3) is 4.44. The second kappa shape index (κ2) is 8.79. The molecular formula is C26H32N2O2S. The van der Waals surface area contributed by atoms with Crippen LogP contribution in [0.4, 0.5) is 0 Å². The first-order valence-corrected chi connectivity index (χ1v) is 13.4. The van der Waals surface area contributed by atoms with Crippen LogP contribution in [0.15, 0.2) is 59.6 Å². The van der Waals surface area contributed by atoms with Crippen LogP contribution in [0.1, 0.15) is 49.7 Å². The van der Waals surface area contributed by atoms with Crippen molar-refractivity contribution in [1.82, 2.24) is 9.88 Å². The minimum Gasteiger partial charge on any atom is -0.361 e. The highest BCUT2D eigenvalue weighted by Crippen LogP contribution is 2.33. The summed E-state index contributed by atoms with van der Waals surface area (Å²) in [5.74, 6) is 0.139. The van der Waals surface area contributed by atoms with Crippen molar-refractivity contribution < 1.29 is 8.42 Å². The Hall–Kier alpha value is -2.11. The Morgan fingerprint density at radius 1 is 0.968 bits per heavy atom. The fraction of sp³-hybridized carbons (Fsp3) is 0.462. The Morgan fingerprint density at radius 3 is 2.58 bits per heavy atom. The van der Waals surface area contributed by atoms with Crippen LogP contribution in [0, 0.1) is 0 Å². The van der Waals surface area contributed by atoms with Gasteiger partial charge in [-0.1, -0.05) is 37.1 Å². The van der Waals surface area contributed by atoms with Gasteiger partial charge in [0.2, 0.25) is 0 Å². The monoisotopic (exact) mass is 436 g/mol. The number of H-pyrrole nitrogens is 1. The van der Waals surface area contributed by atoms with E-state index in [0.717, 1.165) is 23.5 Å². The molecule has 2 heterocycles. The highest BCUT2D eigenvalue weighted by Gasteiger charge is 2.32. The molecule has 2 aromatic carbocycles. The summed E-state index contributed by atoms with van der Waals surface area (Å²) in [7, 11) is -3.26. The molecule has 1 aliphatic carbocycles. The molecule has 0 spiro atoms. The van der Waals surface area contributed by atoms with Crippen molar-refractivity contribution >= 4 is 20.7 Å². The van der Waals surface area contributed by atoms with E-state index < -0.39 is 9.84 Å². The quantitative estimate of drug-likeness (QED) is 0.558. The molecule has 4 nitrogen and oxygen atoms in total. The standard InChI is InChI=1S/C26H32N2O2S/c29-31(30,24-10-2-1-3-11-24)16-14-20-12-13-26-25(17-20)21(19-27-26)18-23-9-6-15-28(23)22-7-4-5-8-22/h1-3,10-13,17,19,22-23,27H,4-9,14-16,18H2/t23-/m1/s1. The molecule has 31 heavy (non-hydrogen) atoms. The Kier molecular flexibility index (Phi) is 5.89. The molecule has 1 N–H and O–H groups in total. The maximum atomic E-state index is 12.7. The van der Waals surface area contributed by atoms with E-state index in [9.17, 15) is 8.42 Å². The molecule has 0 amide bonds. The molecule has 1 saturated heterocycles. The molecule has 1 aromatic heterocycles. The summed E-state index contributed by atoms with van der Waals surface area (Å²) in [5.41, 5.74) is 3.61. The van der Waals surface area contributed by atoms with Gasteiger partial charge in [-0.2, -0.15) is 0 Å². The van der Waals surface area contributed by atoms with Gasteiger partial charge in [0.05, 0.1) is 10.6 Å². The van der Waals surface area contributed by atoms with Crippen LogP contribution in [0.3, 0.4) is 0 Å². The summed E-state index contributed by atoms with van der Waals surface area (Å²) in [6.45, 7) is 1.25. The predicted octanol–water partition coefficient (Wildman–Crippen LogP) is 5.13. The summed E-state index contributed by atoms with van der Waals surface area (Å²) in [5, 5.41) is 1.26. The molecule has 0 radical (unpaired) electrons. The average Bonchev–Trinajstić information content (AvgIpc) is 3.55. The number of hydrogen-bond acceptors (Lipinski definition) is 3. The number of likely N-dealkylation sites (tertiary alicyclic amines) is 1. The molecule has 2 fully saturated rings. The third-order valence-corrected chi connectivity index (χ3v) is 9.00. The van der Waals surface area contributed by atoms with Crippen LogP contribution < -0.4 is 0 Å². The van der Waals surface area contributed by atoms with Gasteiger partial charge >= 0.3 is 0 Å². The molecule has 0 bridgehead atoms. The number of nitrogens with one attached hydrogen (secondary N) is 1. The predicted molar refractivity (Wildman–Crippen MR) is 126 cm³/mol. The largest absolute Gasteiger partial charge is 0.361 e. The molecule has 1 saturated carbocycles. The first-order valence-electron chi connectivity index (χ1n) is 11.7. The Balaban J connectivity index is 1.31. The van der Waals surface area contributed by atoms with Gasteiger partial charge in [0.25, 0.3) is 0 Å². The molecular weight excluding hydrogens is 404 g/mol. The number of aromatic nitrogens is 1. The van der Waals surface area contributed by atoms with E-state index in [2.05, 4.69) is 34.3 Å². The van der Waals surface area contributed by atoms with Gasteiger partial charge in [0.15, 0.2) is 9.84 Å². The lowest BCUT2D eigenvalue weighted by Crippen LogP contribution is -2.38. The van der Waals surface area contributed by atoms with Crippen LogP contribution in [0.5, 0.6) is 0 Å². The van der Waals surface area contributed by atoms with Crippen molar-refractivity contribution in [1.29, 1.82) is 0 Å². The number of rotatable bonds is 7. The Bertz CT molecular complexity index is 1130. The summed E-state index contributed by atoms with van der Waals surface area (Å²) < 4.78 is 25.3. The number of nitrogens with zero attached hydrogens (tertiary/aromatic N) is 1. The van der Waals surface area contributed by atoms with Crippen molar-refractivity contribution in [3.05, 3.63) is 65.9 Å². The highest BCUT2D eigenvalue weighted by atomic mass is 32.2. The van der Waals surface area contributed by atoms with E-state index >= 15 is 0 Å². The molecule has 3 aromatic rings. The van der Waals surface area contributed by atoms with E-state index in [0.29, 0.717) is 17.4 Å². The second-order valence-electron chi connectivity index (χ2n) is 9.25. The molecule has 5 heteroatoms. The SMILES string of the molecule is O=S(=O)(CCc1ccc2[nH]cc(C[C@H]3CCCN3C3CCCC3)c2c1)c1ccccc1. The fourth-order valence-corrected chi connectivity index (χ4v) is 6.91. The number of aromatic amines is 1.